The van der Waals surface area contributed by atoms with Crippen LogP contribution in [0.25, 0.3) is 0 Å². The zero-order valence-electron chi connectivity index (χ0n) is 12.8. The van der Waals surface area contributed by atoms with E-state index in [1.807, 2.05) is 55.4 Å². The van der Waals surface area contributed by atoms with Gasteiger partial charge < -0.3 is 19.5 Å². The van der Waals surface area contributed by atoms with Crippen molar-refractivity contribution in [3.05, 3.63) is 53.6 Å². The number of nitrogens with zero attached hydrogens (tertiary/aromatic N) is 1. The van der Waals surface area contributed by atoms with Gasteiger partial charge in [-0.05, 0) is 29.8 Å². The fourth-order valence-electron chi connectivity index (χ4n) is 2.20. The molecule has 0 saturated carbocycles. The van der Waals surface area contributed by atoms with Crippen LogP contribution in [-0.2, 0) is 0 Å². The summed E-state index contributed by atoms with van der Waals surface area (Å²) in [5, 5.41) is 10.6. The Hall–Kier alpha value is -2.20. The third-order valence-corrected chi connectivity index (χ3v) is 3.44. The highest BCUT2D eigenvalue weighted by Gasteiger charge is 2.16. The van der Waals surface area contributed by atoms with Gasteiger partial charge in [-0.3, -0.25) is 0 Å². The predicted octanol–water partition coefficient (Wildman–Crippen LogP) is 2.85. The van der Waals surface area contributed by atoms with Crippen LogP contribution in [0.1, 0.15) is 17.2 Å². The van der Waals surface area contributed by atoms with Crippen molar-refractivity contribution in [3.63, 3.8) is 0 Å². The average molecular weight is 287 g/mol. The van der Waals surface area contributed by atoms with Gasteiger partial charge >= 0.3 is 0 Å². The van der Waals surface area contributed by atoms with Crippen molar-refractivity contribution in [2.45, 2.75) is 6.10 Å². The number of ether oxygens (including phenoxy) is 2. The van der Waals surface area contributed by atoms with Crippen LogP contribution in [0.2, 0.25) is 0 Å². The van der Waals surface area contributed by atoms with E-state index in [0.717, 1.165) is 11.3 Å². The lowest BCUT2D eigenvalue weighted by Gasteiger charge is -2.18. The number of hydrogen-bond acceptors (Lipinski definition) is 4. The standard InChI is InChI=1S/C17H21NO3/c1-18(2)13-7-5-6-12(10-13)17(19)15-9-8-14(20-3)11-16(15)21-4/h5-11,17,19H,1-4H3. The molecule has 4 heteroatoms. The fraction of sp³-hybridized carbons (Fsp3) is 0.294. The van der Waals surface area contributed by atoms with Crippen LogP contribution in [0.3, 0.4) is 0 Å². The van der Waals surface area contributed by atoms with Gasteiger partial charge in [-0.25, -0.2) is 0 Å². The van der Waals surface area contributed by atoms with Crippen LogP contribution in [0.15, 0.2) is 42.5 Å². The SMILES string of the molecule is COc1ccc(C(O)c2cccc(N(C)C)c2)c(OC)c1. The third kappa shape index (κ3) is 3.28. The Bertz CT molecular complexity index is 611. The first-order chi connectivity index (χ1) is 10.1. The fourth-order valence-corrected chi connectivity index (χ4v) is 2.20. The molecule has 1 N–H and O–H groups in total. The number of methoxy groups -OCH3 is 2. The van der Waals surface area contributed by atoms with Crippen LogP contribution in [0.5, 0.6) is 11.5 Å². The van der Waals surface area contributed by atoms with Gasteiger partial charge in [0, 0.05) is 31.4 Å². The van der Waals surface area contributed by atoms with E-state index in [4.69, 9.17) is 9.47 Å². The van der Waals surface area contributed by atoms with E-state index in [2.05, 4.69) is 0 Å². The summed E-state index contributed by atoms with van der Waals surface area (Å²) in [5.74, 6) is 1.31. The number of aliphatic hydroxyl groups is 1. The summed E-state index contributed by atoms with van der Waals surface area (Å²) in [5.41, 5.74) is 2.58. The Kier molecular flexibility index (Phi) is 4.70. The maximum atomic E-state index is 10.6. The Balaban J connectivity index is 2.39. The Morgan fingerprint density at radius 1 is 1.00 bits per heavy atom. The summed E-state index contributed by atoms with van der Waals surface area (Å²) in [6.07, 6.45) is -0.745. The van der Waals surface area contributed by atoms with E-state index in [0.29, 0.717) is 17.1 Å². The highest BCUT2D eigenvalue weighted by Crippen LogP contribution is 2.33. The number of hydrogen-bond donors (Lipinski definition) is 1. The minimum Gasteiger partial charge on any atom is -0.497 e. The summed E-state index contributed by atoms with van der Waals surface area (Å²) in [7, 11) is 7.13. The molecular formula is C17H21NO3. The number of benzene rings is 2. The van der Waals surface area contributed by atoms with Crippen LogP contribution in [0.4, 0.5) is 5.69 Å². The number of rotatable bonds is 5. The van der Waals surface area contributed by atoms with Crippen molar-refractivity contribution in [2.24, 2.45) is 0 Å². The summed E-state index contributed by atoms with van der Waals surface area (Å²) in [6.45, 7) is 0. The molecule has 0 fully saturated rings. The van der Waals surface area contributed by atoms with Gasteiger partial charge in [0.15, 0.2) is 0 Å². The van der Waals surface area contributed by atoms with Crippen LogP contribution >= 0.6 is 0 Å². The molecule has 21 heavy (non-hydrogen) atoms. The molecule has 1 unspecified atom stereocenters. The van der Waals surface area contributed by atoms with Gasteiger partial charge in [0.25, 0.3) is 0 Å². The van der Waals surface area contributed by atoms with Crippen molar-refractivity contribution >= 4 is 5.69 Å². The normalized spacial score (nSPS) is 11.9. The van der Waals surface area contributed by atoms with Crippen molar-refractivity contribution in [1.29, 1.82) is 0 Å². The summed E-state index contributed by atoms with van der Waals surface area (Å²) in [6, 6.07) is 13.2. The molecule has 0 aliphatic carbocycles. The zero-order valence-corrected chi connectivity index (χ0v) is 12.8. The quantitative estimate of drug-likeness (QED) is 0.918. The van der Waals surface area contributed by atoms with Gasteiger partial charge in [-0.15, -0.1) is 0 Å². The first-order valence-corrected chi connectivity index (χ1v) is 6.74. The Labute approximate surface area is 125 Å². The number of aliphatic hydroxyl groups excluding tert-OH is 1. The highest BCUT2D eigenvalue weighted by atomic mass is 16.5. The van der Waals surface area contributed by atoms with Gasteiger partial charge in [-0.2, -0.15) is 0 Å². The van der Waals surface area contributed by atoms with Crippen molar-refractivity contribution < 1.29 is 14.6 Å². The van der Waals surface area contributed by atoms with Crippen LogP contribution in [-0.4, -0.2) is 33.4 Å². The van der Waals surface area contributed by atoms with Gasteiger partial charge in [-0.1, -0.05) is 12.1 Å². The summed E-state index contributed by atoms with van der Waals surface area (Å²) >= 11 is 0. The molecule has 4 nitrogen and oxygen atoms in total. The molecule has 2 aromatic carbocycles. The molecule has 0 radical (unpaired) electrons. The minimum absolute atomic E-state index is 0.608. The minimum atomic E-state index is -0.745. The van der Waals surface area contributed by atoms with Gasteiger partial charge in [0.05, 0.1) is 14.2 Å². The second-order valence-electron chi connectivity index (χ2n) is 5.00. The molecular weight excluding hydrogens is 266 g/mol. The summed E-state index contributed by atoms with van der Waals surface area (Å²) in [4.78, 5) is 2.00. The summed E-state index contributed by atoms with van der Waals surface area (Å²) < 4.78 is 10.5. The van der Waals surface area contributed by atoms with Crippen molar-refractivity contribution in [3.8, 4) is 11.5 Å². The van der Waals surface area contributed by atoms with E-state index in [1.165, 1.54) is 0 Å². The molecule has 0 heterocycles. The van der Waals surface area contributed by atoms with E-state index in [9.17, 15) is 5.11 Å². The van der Waals surface area contributed by atoms with Gasteiger partial charge in [0.2, 0.25) is 0 Å². The van der Waals surface area contributed by atoms with Gasteiger partial charge in [0.1, 0.15) is 17.6 Å². The average Bonchev–Trinajstić information content (AvgIpc) is 2.53. The van der Waals surface area contributed by atoms with E-state index < -0.39 is 6.10 Å². The lowest BCUT2D eigenvalue weighted by Crippen LogP contribution is -2.10. The second kappa shape index (κ2) is 6.50. The van der Waals surface area contributed by atoms with Crippen molar-refractivity contribution in [1.82, 2.24) is 0 Å². The molecule has 0 spiro atoms. The Morgan fingerprint density at radius 2 is 1.76 bits per heavy atom. The first kappa shape index (κ1) is 15.2. The highest BCUT2D eigenvalue weighted by molar-refractivity contribution is 5.51. The second-order valence-corrected chi connectivity index (χ2v) is 5.00. The largest absolute Gasteiger partial charge is 0.497 e. The molecule has 0 saturated heterocycles. The van der Waals surface area contributed by atoms with E-state index >= 15 is 0 Å². The Morgan fingerprint density at radius 3 is 2.38 bits per heavy atom. The molecule has 0 aliphatic heterocycles. The van der Waals surface area contributed by atoms with E-state index in [1.54, 1.807) is 20.3 Å². The molecule has 2 aromatic rings. The maximum Gasteiger partial charge on any atom is 0.128 e. The monoisotopic (exact) mass is 287 g/mol. The van der Waals surface area contributed by atoms with Crippen molar-refractivity contribution in [2.75, 3.05) is 33.2 Å². The van der Waals surface area contributed by atoms with Crippen LogP contribution < -0.4 is 14.4 Å². The lowest BCUT2D eigenvalue weighted by atomic mass is 10.00. The molecule has 2 rings (SSSR count). The predicted molar refractivity (Wildman–Crippen MR) is 84.4 cm³/mol. The zero-order chi connectivity index (χ0) is 15.4. The van der Waals surface area contributed by atoms with Crippen LogP contribution in [0, 0.1) is 0 Å². The first-order valence-electron chi connectivity index (χ1n) is 6.74. The molecule has 1 atom stereocenters. The molecule has 0 aliphatic rings. The maximum absolute atomic E-state index is 10.6. The lowest BCUT2D eigenvalue weighted by molar-refractivity contribution is 0.214. The molecule has 112 valence electrons. The molecule has 0 amide bonds. The van der Waals surface area contributed by atoms with E-state index in [-0.39, 0.29) is 0 Å². The topological polar surface area (TPSA) is 41.9 Å². The third-order valence-electron chi connectivity index (χ3n) is 3.44. The molecule has 0 bridgehead atoms. The number of anilines is 1. The smallest absolute Gasteiger partial charge is 0.128 e. The molecule has 0 aromatic heterocycles.